The van der Waals surface area contributed by atoms with Crippen LogP contribution in [0.2, 0.25) is 5.02 Å². The third-order valence-electron chi connectivity index (χ3n) is 6.12. The number of nitrogens with one attached hydrogen (secondary N) is 1. The molecule has 1 atom stereocenters. The molecular weight excluding hydrogens is 418 g/mol. The number of thiophene rings is 1. The van der Waals surface area contributed by atoms with Gasteiger partial charge in [-0.25, -0.2) is 4.98 Å². The van der Waals surface area contributed by atoms with Crippen LogP contribution in [0.4, 0.5) is 0 Å². The quantitative estimate of drug-likeness (QED) is 0.661. The maximum atomic E-state index is 6.42. The molecule has 0 radical (unpaired) electrons. The second kappa shape index (κ2) is 8.42. The number of aromatic nitrogens is 2. The van der Waals surface area contributed by atoms with E-state index in [9.17, 15) is 0 Å². The van der Waals surface area contributed by atoms with Crippen molar-refractivity contribution in [2.45, 2.75) is 39.7 Å². The number of fused-ring (bicyclic) bond motifs is 3. The van der Waals surface area contributed by atoms with E-state index in [0.29, 0.717) is 10.9 Å². The van der Waals surface area contributed by atoms with Gasteiger partial charge in [-0.1, -0.05) is 18.5 Å². The van der Waals surface area contributed by atoms with Gasteiger partial charge in [-0.15, -0.1) is 11.3 Å². The van der Waals surface area contributed by atoms with Gasteiger partial charge < -0.3 is 14.4 Å². The lowest BCUT2D eigenvalue weighted by Crippen LogP contribution is -3.12. The smallest absolute Gasteiger partial charge is 0.231 e. The average Bonchev–Trinajstić information content (AvgIpc) is 3.08. The fourth-order valence-corrected chi connectivity index (χ4v) is 6.01. The van der Waals surface area contributed by atoms with E-state index in [1.807, 2.05) is 36.5 Å². The van der Waals surface area contributed by atoms with Gasteiger partial charge >= 0.3 is 0 Å². The molecule has 1 aliphatic heterocycles. The number of morpholine rings is 1. The lowest BCUT2D eigenvalue weighted by molar-refractivity contribution is -0.922. The van der Waals surface area contributed by atoms with E-state index in [0.717, 1.165) is 79.0 Å². The van der Waals surface area contributed by atoms with Gasteiger partial charge in [0.25, 0.3) is 0 Å². The van der Waals surface area contributed by atoms with Crippen molar-refractivity contribution < 1.29 is 14.4 Å². The number of nitrogens with zero attached hydrogens (tertiary/aromatic N) is 2. The van der Waals surface area contributed by atoms with Crippen molar-refractivity contribution in [2.75, 3.05) is 26.3 Å². The van der Waals surface area contributed by atoms with Crippen molar-refractivity contribution in [3.05, 3.63) is 45.1 Å². The Balaban J connectivity index is 1.57. The maximum absolute atomic E-state index is 6.42. The molecule has 5 rings (SSSR count). The third kappa shape index (κ3) is 4.06. The van der Waals surface area contributed by atoms with E-state index in [-0.39, 0.29) is 0 Å². The Hall–Kier alpha value is -1.73. The molecule has 0 unspecified atom stereocenters. The Kier molecular flexibility index (Phi) is 5.67. The van der Waals surface area contributed by atoms with Crippen LogP contribution in [0.3, 0.4) is 0 Å². The van der Waals surface area contributed by atoms with E-state index in [1.165, 1.54) is 21.8 Å². The van der Waals surface area contributed by atoms with Crippen LogP contribution in [0.25, 0.3) is 10.2 Å². The largest absolute Gasteiger partial charge is 0.438 e. The van der Waals surface area contributed by atoms with Crippen molar-refractivity contribution >= 4 is 33.2 Å². The van der Waals surface area contributed by atoms with Crippen LogP contribution in [-0.2, 0) is 24.1 Å². The lowest BCUT2D eigenvalue weighted by Gasteiger charge is -2.23. The fraction of sp³-hybridized carbons (Fsp3) is 0.478. The van der Waals surface area contributed by atoms with E-state index >= 15 is 0 Å². The summed E-state index contributed by atoms with van der Waals surface area (Å²) in [5.41, 5.74) is 2.40. The monoisotopic (exact) mass is 444 g/mol. The summed E-state index contributed by atoms with van der Waals surface area (Å²) >= 11 is 7.97. The highest BCUT2D eigenvalue weighted by atomic mass is 35.5. The molecule has 3 heterocycles. The fourth-order valence-electron chi connectivity index (χ4n) is 4.40. The summed E-state index contributed by atoms with van der Waals surface area (Å²) < 4.78 is 11.9. The maximum Gasteiger partial charge on any atom is 0.231 e. The molecule has 5 nitrogen and oxygen atoms in total. The minimum Gasteiger partial charge on any atom is -0.438 e. The summed E-state index contributed by atoms with van der Waals surface area (Å²) in [7, 11) is 0. The summed E-state index contributed by atoms with van der Waals surface area (Å²) in [6.45, 7) is 8.74. The highest BCUT2D eigenvalue weighted by Crippen LogP contribution is 2.42. The number of hydrogen-bond acceptors (Lipinski definition) is 5. The van der Waals surface area contributed by atoms with Gasteiger partial charge in [-0.05, 0) is 61.4 Å². The van der Waals surface area contributed by atoms with E-state index in [2.05, 4.69) is 6.92 Å². The van der Waals surface area contributed by atoms with Gasteiger partial charge in [0.1, 0.15) is 30.2 Å². The molecule has 30 heavy (non-hydrogen) atoms. The summed E-state index contributed by atoms with van der Waals surface area (Å²) in [5.74, 6) is 3.07. The predicted octanol–water partition coefficient (Wildman–Crippen LogP) is 3.99. The highest BCUT2D eigenvalue weighted by Gasteiger charge is 2.26. The first kappa shape index (κ1) is 20.2. The molecule has 7 heteroatoms. The summed E-state index contributed by atoms with van der Waals surface area (Å²) in [4.78, 5) is 13.9. The average molecular weight is 445 g/mol. The molecule has 3 aromatic rings. The Morgan fingerprint density at radius 1 is 1.27 bits per heavy atom. The zero-order valence-electron chi connectivity index (χ0n) is 17.5. The number of rotatable bonds is 4. The molecule has 1 N–H and O–H groups in total. The number of quaternary nitrogens is 1. The molecule has 1 fully saturated rings. The van der Waals surface area contributed by atoms with Crippen molar-refractivity contribution in [1.29, 1.82) is 0 Å². The summed E-state index contributed by atoms with van der Waals surface area (Å²) in [6, 6.07) is 5.73. The van der Waals surface area contributed by atoms with Crippen LogP contribution >= 0.6 is 22.9 Å². The Morgan fingerprint density at radius 3 is 2.90 bits per heavy atom. The molecular formula is C23H27ClN3O2S+. The van der Waals surface area contributed by atoms with Gasteiger partial charge in [0.15, 0.2) is 5.82 Å². The molecule has 2 aromatic heterocycles. The Bertz CT molecular complexity index is 1080. The third-order valence-corrected chi connectivity index (χ3v) is 7.50. The molecule has 0 spiro atoms. The minimum absolute atomic E-state index is 0.695. The van der Waals surface area contributed by atoms with Crippen molar-refractivity contribution in [2.24, 2.45) is 5.92 Å². The van der Waals surface area contributed by atoms with Crippen LogP contribution in [0.5, 0.6) is 11.6 Å². The zero-order chi connectivity index (χ0) is 20.7. The molecule has 0 saturated carbocycles. The molecule has 1 aliphatic carbocycles. The van der Waals surface area contributed by atoms with Gasteiger partial charge in [-0.2, -0.15) is 4.98 Å². The zero-order valence-corrected chi connectivity index (χ0v) is 19.0. The predicted molar refractivity (Wildman–Crippen MR) is 120 cm³/mol. The molecule has 1 aromatic carbocycles. The summed E-state index contributed by atoms with van der Waals surface area (Å²) in [5, 5.41) is 1.82. The van der Waals surface area contributed by atoms with Crippen LogP contribution in [0, 0.1) is 12.8 Å². The van der Waals surface area contributed by atoms with E-state index < -0.39 is 0 Å². The van der Waals surface area contributed by atoms with Gasteiger partial charge in [0.05, 0.1) is 18.6 Å². The Labute approximate surface area is 186 Å². The molecule has 0 bridgehead atoms. The number of aryl methyl sites for hydroxylation is 2. The first-order valence-electron chi connectivity index (χ1n) is 10.7. The number of hydrogen-bond donors (Lipinski definition) is 1. The SMILES string of the molecule is Cc1cc(Cl)ccc1Oc1nc(C[NH+]2CCOCC2)nc2sc3c(c12)CC[C@@H](C)C3. The number of halogens is 1. The molecule has 0 amide bonds. The first-order valence-corrected chi connectivity index (χ1v) is 11.9. The van der Waals surface area contributed by atoms with Gasteiger partial charge in [0.2, 0.25) is 5.88 Å². The topological polar surface area (TPSA) is 48.7 Å². The standard InChI is InChI=1S/C23H26ClN3O2S/c1-14-3-5-17-19(11-14)30-23-21(17)22(29-18-6-4-16(24)12-15(18)2)25-20(26-23)13-27-7-9-28-10-8-27/h4,6,12,14H,3,5,7-11,13H2,1-2H3/p+1/t14-/m1/s1. The lowest BCUT2D eigenvalue weighted by atomic mass is 9.89. The molecule has 158 valence electrons. The second-order valence-electron chi connectivity index (χ2n) is 8.53. The second-order valence-corrected chi connectivity index (χ2v) is 10.0. The van der Waals surface area contributed by atoms with Gasteiger partial charge in [0, 0.05) is 9.90 Å². The van der Waals surface area contributed by atoms with Gasteiger partial charge in [-0.3, -0.25) is 0 Å². The van der Waals surface area contributed by atoms with Crippen LogP contribution < -0.4 is 9.64 Å². The normalized spacial score (nSPS) is 19.8. The van der Waals surface area contributed by atoms with E-state index in [1.54, 1.807) is 0 Å². The van der Waals surface area contributed by atoms with Crippen LogP contribution in [0.15, 0.2) is 18.2 Å². The van der Waals surface area contributed by atoms with Crippen molar-refractivity contribution in [3.8, 4) is 11.6 Å². The molecule has 2 aliphatic rings. The van der Waals surface area contributed by atoms with Crippen LogP contribution in [-0.4, -0.2) is 36.3 Å². The number of ether oxygens (including phenoxy) is 2. The van der Waals surface area contributed by atoms with Crippen molar-refractivity contribution in [3.63, 3.8) is 0 Å². The first-order chi connectivity index (χ1) is 14.6. The Morgan fingerprint density at radius 2 is 2.10 bits per heavy atom. The minimum atomic E-state index is 0.695. The van der Waals surface area contributed by atoms with Crippen molar-refractivity contribution in [1.82, 2.24) is 9.97 Å². The van der Waals surface area contributed by atoms with Crippen LogP contribution in [0.1, 0.15) is 35.2 Å². The summed E-state index contributed by atoms with van der Waals surface area (Å²) in [6.07, 6.45) is 3.40. The number of benzene rings is 1. The molecule has 1 saturated heterocycles. The van der Waals surface area contributed by atoms with E-state index in [4.69, 9.17) is 31.0 Å². The highest BCUT2D eigenvalue weighted by molar-refractivity contribution is 7.18.